The molecule has 1 unspecified atom stereocenters. The minimum Gasteiger partial charge on any atom is -0.271 e. The van der Waals surface area contributed by atoms with Crippen LogP contribution in [0.25, 0.3) is 0 Å². The highest BCUT2D eigenvalue weighted by molar-refractivity contribution is 7.90. The van der Waals surface area contributed by atoms with Crippen LogP contribution in [0.2, 0.25) is 5.02 Å². The summed E-state index contributed by atoms with van der Waals surface area (Å²) in [5, 5.41) is 0.314. The van der Waals surface area contributed by atoms with Crippen LogP contribution in [0.1, 0.15) is 12.0 Å². The molecule has 4 nitrogen and oxygen atoms in total. The normalized spacial score (nSPS) is 13.6. The third kappa shape index (κ3) is 4.89. The fourth-order valence-electron chi connectivity index (χ4n) is 1.57. The number of hydrazine groups is 1. The van der Waals surface area contributed by atoms with Crippen molar-refractivity contribution in [2.24, 2.45) is 5.84 Å². The highest BCUT2D eigenvalue weighted by Crippen LogP contribution is 2.21. The molecule has 0 fully saturated rings. The van der Waals surface area contributed by atoms with Crippen molar-refractivity contribution in [1.29, 1.82) is 0 Å². The van der Waals surface area contributed by atoms with Gasteiger partial charge in [-0.25, -0.2) is 12.8 Å². The van der Waals surface area contributed by atoms with Crippen molar-refractivity contribution in [2.75, 3.05) is 12.0 Å². The molecule has 0 heterocycles. The fourth-order valence-corrected chi connectivity index (χ4v) is 2.53. The number of hydrogen-bond donors (Lipinski definition) is 2. The van der Waals surface area contributed by atoms with Crippen LogP contribution in [0.4, 0.5) is 4.39 Å². The lowest BCUT2D eigenvalue weighted by Crippen LogP contribution is -2.38. The third-order valence-electron chi connectivity index (χ3n) is 2.59. The van der Waals surface area contributed by atoms with Crippen LogP contribution in [0.15, 0.2) is 18.2 Å². The number of hydrogen-bond acceptors (Lipinski definition) is 4. The minimum absolute atomic E-state index is 0.00601. The Kier molecular flexibility index (Phi) is 5.52. The van der Waals surface area contributed by atoms with E-state index in [-0.39, 0.29) is 18.2 Å². The van der Waals surface area contributed by atoms with Gasteiger partial charge in [0.2, 0.25) is 0 Å². The Bertz CT molecular complexity index is 488. The van der Waals surface area contributed by atoms with Gasteiger partial charge in [0.1, 0.15) is 15.7 Å². The summed E-state index contributed by atoms with van der Waals surface area (Å²) < 4.78 is 35.7. The molecule has 102 valence electrons. The highest BCUT2D eigenvalue weighted by Gasteiger charge is 2.15. The molecule has 0 saturated carbocycles. The first-order valence-electron chi connectivity index (χ1n) is 5.40. The second kappa shape index (κ2) is 6.47. The van der Waals surface area contributed by atoms with Crippen LogP contribution in [0.5, 0.6) is 0 Å². The minimum atomic E-state index is -3.06. The monoisotopic (exact) mass is 294 g/mol. The van der Waals surface area contributed by atoms with E-state index in [4.69, 9.17) is 17.4 Å². The molecule has 0 spiro atoms. The van der Waals surface area contributed by atoms with Gasteiger partial charge in [-0.1, -0.05) is 17.7 Å². The van der Waals surface area contributed by atoms with E-state index in [1.165, 1.54) is 12.1 Å². The number of nitrogens with two attached hydrogens (primary N) is 1. The zero-order chi connectivity index (χ0) is 13.8. The van der Waals surface area contributed by atoms with Crippen molar-refractivity contribution in [3.05, 3.63) is 34.6 Å². The van der Waals surface area contributed by atoms with Crippen LogP contribution in [0.3, 0.4) is 0 Å². The van der Waals surface area contributed by atoms with E-state index in [0.717, 1.165) is 6.26 Å². The highest BCUT2D eigenvalue weighted by atomic mass is 35.5. The van der Waals surface area contributed by atoms with Crippen molar-refractivity contribution in [2.45, 2.75) is 18.9 Å². The topological polar surface area (TPSA) is 72.2 Å². The van der Waals surface area contributed by atoms with Crippen molar-refractivity contribution < 1.29 is 12.8 Å². The van der Waals surface area contributed by atoms with E-state index in [2.05, 4.69) is 5.43 Å². The Morgan fingerprint density at radius 2 is 2.17 bits per heavy atom. The SMILES string of the molecule is CS(=O)(=O)CCC(Cc1c(F)cccc1Cl)NN. The van der Waals surface area contributed by atoms with E-state index in [1.54, 1.807) is 6.07 Å². The smallest absolute Gasteiger partial charge is 0.147 e. The summed E-state index contributed by atoms with van der Waals surface area (Å²) in [7, 11) is -3.06. The van der Waals surface area contributed by atoms with Gasteiger partial charge in [0.15, 0.2) is 0 Å². The Labute approximate surface area is 111 Å². The standard InChI is InChI=1S/C11H16ClFN2O2S/c1-18(16,17)6-5-8(15-14)7-9-10(12)3-2-4-11(9)13/h2-4,8,15H,5-7,14H2,1H3. The molecule has 0 aliphatic carbocycles. The van der Waals surface area contributed by atoms with E-state index in [1.807, 2.05) is 0 Å². The molecule has 3 N–H and O–H groups in total. The van der Waals surface area contributed by atoms with Gasteiger partial charge in [-0.3, -0.25) is 11.3 Å². The number of nitrogens with one attached hydrogen (secondary N) is 1. The molecular formula is C11H16ClFN2O2S. The molecule has 0 saturated heterocycles. The summed E-state index contributed by atoms with van der Waals surface area (Å²) >= 11 is 5.89. The predicted octanol–water partition coefficient (Wildman–Crippen LogP) is 1.29. The first-order chi connectivity index (χ1) is 8.33. The van der Waals surface area contributed by atoms with Gasteiger partial charge < -0.3 is 0 Å². The molecule has 0 aliphatic rings. The molecule has 0 amide bonds. The van der Waals surface area contributed by atoms with E-state index in [0.29, 0.717) is 17.0 Å². The number of benzene rings is 1. The third-order valence-corrected chi connectivity index (χ3v) is 3.92. The molecule has 1 aromatic rings. The number of rotatable bonds is 6. The largest absolute Gasteiger partial charge is 0.271 e. The van der Waals surface area contributed by atoms with Gasteiger partial charge in [0.05, 0.1) is 5.75 Å². The first kappa shape index (κ1) is 15.4. The van der Waals surface area contributed by atoms with Crippen LogP contribution in [-0.2, 0) is 16.3 Å². The van der Waals surface area contributed by atoms with Crippen LogP contribution < -0.4 is 11.3 Å². The van der Waals surface area contributed by atoms with Gasteiger partial charge in [0.25, 0.3) is 0 Å². The van der Waals surface area contributed by atoms with E-state index < -0.39 is 15.7 Å². The summed E-state index contributed by atoms with van der Waals surface area (Å²) in [5.41, 5.74) is 2.83. The maximum Gasteiger partial charge on any atom is 0.147 e. The van der Waals surface area contributed by atoms with Crippen LogP contribution in [-0.4, -0.2) is 26.5 Å². The Morgan fingerprint density at radius 3 is 2.67 bits per heavy atom. The first-order valence-corrected chi connectivity index (χ1v) is 7.84. The lowest BCUT2D eigenvalue weighted by molar-refractivity contribution is 0.494. The van der Waals surface area contributed by atoms with Gasteiger partial charge in [-0.2, -0.15) is 0 Å². The van der Waals surface area contributed by atoms with Gasteiger partial charge in [-0.15, -0.1) is 0 Å². The fraction of sp³-hybridized carbons (Fsp3) is 0.455. The number of halogens is 2. The zero-order valence-corrected chi connectivity index (χ0v) is 11.6. The summed E-state index contributed by atoms with van der Waals surface area (Å²) in [6, 6.07) is 4.08. The lowest BCUT2D eigenvalue weighted by atomic mass is 10.0. The lowest BCUT2D eigenvalue weighted by Gasteiger charge is -2.16. The zero-order valence-electron chi connectivity index (χ0n) is 9.99. The molecule has 1 aromatic carbocycles. The van der Waals surface area contributed by atoms with Crippen LogP contribution >= 0.6 is 11.6 Å². The Balaban J connectivity index is 2.74. The molecule has 0 radical (unpaired) electrons. The average molecular weight is 295 g/mol. The molecular weight excluding hydrogens is 279 g/mol. The molecule has 0 aromatic heterocycles. The summed E-state index contributed by atoms with van der Waals surface area (Å²) in [5.74, 6) is 4.92. The maximum atomic E-state index is 13.6. The second-order valence-electron chi connectivity index (χ2n) is 4.19. The quantitative estimate of drug-likeness (QED) is 0.612. The summed E-state index contributed by atoms with van der Waals surface area (Å²) in [4.78, 5) is 0. The molecule has 18 heavy (non-hydrogen) atoms. The van der Waals surface area contributed by atoms with Crippen molar-refractivity contribution >= 4 is 21.4 Å². The molecule has 1 rings (SSSR count). The Hall–Kier alpha value is -0.690. The van der Waals surface area contributed by atoms with Gasteiger partial charge >= 0.3 is 0 Å². The molecule has 0 bridgehead atoms. The van der Waals surface area contributed by atoms with Crippen molar-refractivity contribution in [3.63, 3.8) is 0 Å². The van der Waals surface area contributed by atoms with Gasteiger partial charge in [-0.05, 0) is 25.0 Å². The Morgan fingerprint density at radius 1 is 1.50 bits per heavy atom. The summed E-state index contributed by atoms with van der Waals surface area (Å²) in [6.07, 6.45) is 1.70. The van der Waals surface area contributed by atoms with Crippen molar-refractivity contribution in [1.82, 2.24) is 5.43 Å². The molecule has 1 atom stereocenters. The van der Waals surface area contributed by atoms with Crippen molar-refractivity contribution in [3.8, 4) is 0 Å². The van der Waals surface area contributed by atoms with Crippen LogP contribution in [0, 0.1) is 5.82 Å². The van der Waals surface area contributed by atoms with E-state index in [9.17, 15) is 12.8 Å². The second-order valence-corrected chi connectivity index (χ2v) is 6.85. The maximum absolute atomic E-state index is 13.6. The molecule has 0 aliphatic heterocycles. The van der Waals surface area contributed by atoms with Gasteiger partial charge in [0, 0.05) is 22.9 Å². The average Bonchev–Trinajstić information content (AvgIpc) is 2.26. The predicted molar refractivity (Wildman–Crippen MR) is 70.6 cm³/mol. The molecule has 7 heteroatoms. The number of sulfone groups is 1. The summed E-state index contributed by atoms with van der Waals surface area (Å²) in [6.45, 7) is 0. The van der Waals surface area contributed by atoms with E-state index >= 15 is 0 Å².